The molecular formula is C35H55N3O12. The highest BCUT2D eigenvalue weighted by atomic mass is 16.6. The molecule has 1 saturated heterocycles. The summed E-state index contributed by atoms with van der Waals surface area (Å²) in [6, 6.07) is 3.92. The molecule has 0 radical (unpaired) electrons. The Kier molecular flexibility index (Phi) is 21.4. The van der Waals surface area contributed by atoms with Gasteiger partial charge in [-0.15, -0.1) is 0 Å². The van der Waals surface area contributed by atoms with Crippen molar-refractivity contribution in [1.29, 1.82) is 0 Å². The minimum absolute atomic E-state index is 0.0699. The van der Waals surface area contributed by atoms with Crippen molar-refractivity contribution in [3.8, 4) is 0 Å². The molecule has 282 valence electrons. The normalized spacial score (nSPS) is 15.9. The van der Waals surface area contributed by atoms with Crippen LogP contribution < -0.4 is 10.6 Å². The van der Waals surface area contributed by atoms with E-state index in [1.807, 2.05) is 0 Å². The number of ether oxygens (including phenoxy) is 8. The van der Waals surface area contributed by atoms with Crippen LogP contribution in [0.15, 0.2) is 18.2 Å². The second kappa shape index (κ2) is 25.9. The van der Waals surface area contributed by atoms with Crippen LogP contribution in [-0.4, -0.2) is 147 Å². The van der Waals surface area contributed by atoms with Crippen molar-refractivity contribution in [3.63, 3.8) is 0 Å². The number of rotatable bonds is 31. The van der Waals surface area contributed by atoms with Crippen LogP contribution >= 0.6 is 0 Å². The maximum Gasteiger partial charge on any atom is 0.264 e. The van der Waals surface area contributed by atoms with Gasteiger partial charge in [0, 0.05) is 25.3 Å². The quantitative estimate of drug-likeness (QED) is 0.0851. The Hall–Kier alpha value is -3.02. The number of imide groups is 2. The van der Waals surface area contributed by atoms with Crippen molar-refractivity contribution in [2.24, 2.45) is 0 Å². The molecule has 1 aromatic rings. The highest BCUT2D eigenvalue weighted by Gasteiger charge is 2.45. The lowest BCUT2D eigenvalue weighted by molar-refractivity contribution is -0.136. The molecule has 4 amide bonds. The summed E-state index contributed by atoms with van der Waals surface area (Å²) in [4.78, 5) is 50.8. The summed E-state index contributed by atoms with van der Waals surface area (Å²) in [5.41, 5.74) is 0.922. The molecule has 0 bridgehead atoms. The number of amides is 4. The molecule has 1 aromatic carbocycles. The Morgan fingerprint density at radius 1 is 0.640 bits per heavy atom. The molecule has 2 aliphatic rings. The van der Waals surface area contributed by atoms with E-state index < -0.39 is 29.7 Å². The maximum atomic E-state index is 13.1. The summed E-state index contributed by atoms with van der Waals surface area (Å²) < 4.78 is 44.1. The highest BCUT2D eigenvalue weighted by Crippen LogP contribution is 2.32. The van der Waals surface area contributed by atoms with Gasteiger partial charge >= 0.3 is 0 Å². The number of carbonyl (C=O) groups excluding carboxylic acids is 4. The molecule has 2 aliphatic heterocycles. The monoisotopic (exact) mass is 709 g/mol. The number of benzene rings is 1. The summed E-state index contributed by atoms with van der Waals surface area (Å²) in [6.45, 7) is 10.6. The van der Waals surface area contributed by atoms with Crippen LogP contribution in [0.3, 0.4) is 0 Å². The van der Waals surface area contributed by atoms with Crippen molar-refractivity contribution >= 4 is 29.3 Å². The van der Waals surface area contributed by atoms with Gasteiger partial charge in [-0.1, -0.05) is 32.3 Å². The molecule has 50 heavy (non-hydrogen) atoms. The van der Waals surface area contributed by atoms with Gasteiger partial charge in [0.1, 0.15) is 6.04 Å². The fourth-order valence-electron chi connectivity index (χ4n) is 5.19. The summed E-state index contributed by atoms with van der Waals surface area (Å²) in [7, 11) is 0. The zero-order valence-electron chi connectivity index (χ0n) is 29.4. The van der Waals surface area contributed by atoms with Gasteiger partial charge < -0.3 is 43.2 Å². The number of carbonyl (C=O) groups is 4. The molecule has 0 aliphatic carbocycles. The number of piperidine rings is 1. The number of hydrogen-bond donors (Lipinski definition) is 2. The van der Waals surface area contributed by atoms with E-state index in [9.17, 15) is 19.2 Å². The Balaban J connectivity index is 1.06. The standard InChI is InChI=1S/C35H55N3O12/c1-2-3-4-5-12-43-14-16-45-18-20-47-22-24-49-26-27-50-25-23-48-21-19-46-17-15-44-13-11-36-29-8-6-7-28-32(29)35(42)38(34(28)41)30-9-10-31(39)37-33(30)40/h6-8,30,36H,2-5,9-27H2,1H3,(H,37,39,40). The largest absolute Gasteiger partial charge is 0.382 e. The van der Waals surface area contributed by atoms with E-state index in [4.69, 9.17) is 37.9 Å². The van der Waals surface area contributed by atoms with Gasteiger partial charge in [-0.3, -0.25) is 29.4 Å². The van der Waals surface area contributed by atoms with Crippen LogP contribution in [0.2, 0.25) is 0 Å². The first-order chi connectivity index (χ1) is 24.5. The van der Waals surface area contributed by atoms with E-state index in [1.54, 1.807) is 18.2 Å². The van der Waals surface area contributed by atoms with E-state index in [2.05, 4.69) is 17.6 Å². The number of anilines is 1. The van der Waals surface area contributed by atoms with Gasteiger partial charge in [-0.25, -0.2) is 0 Å². The first kappa shape index (κ1) is 41.4. The third kappa shape index (κ3) is 15.5. The van der Waals surface area contributed by atoms with E-state index in [1.165, 1.54) is 19.3 Å². The van der Waals surface area contributed by atoms with Crippen LogP contribution in [0.5, 0.6) is 0 Å². The molecule has 0 aromatic heterocycles. The molecule has 0 spiro atoms. The Morgan fingerprint density at radius 2 is 1.14 bits per heavy atom. The number of nitrogens with one attached hydrogen (secondary N) is 2. The van der Waals surface area contributed by atoms with Crippen molar-refractivity contribution in [2.45, 2.75) is 51.5 Å². The summed E-state index contributed by atoms with van der Waals surface area (Å²) >= 11 is 0. The van der Waals surface area contributed by atoms with Crippen LogP contribution in [0.4, 0.5) is 5.69 Å². The molecule has 2 heterocycles. The Labute approximate surface area is 294 Å². The second-order valence-electron chi connectivity index (χ2n) is 11.6. The number of hydrogen-bond acceptors (Lipinski definition) is 13. The molecule has 3 rings (SSSR count). The molecular weight excluding hydrogens is 654 g/mol. The van der Waals surface area contributed by atoms with Crippen molar-refractivity contribution in [2.75, 3.05) is 118 Å². The maximum absolute atomic E-state index is 13.1. The van der Waals surface area contributed by atoms with Gasteiger partial charge in [-0.2, -0.15) is 0 Å². The SMILES string of the molecule is CCCCCCOCCOCCOCCOCCOCCOCCOCCOCCNc1cccc2c1C(=O)N(C1CCC(=O)NC1=O)C2=O. The molecule has 1 fully saturated rings. The first-order valence-electron chi connectivity index (χ1n) is 17.7. The molecule has 15 heteroatoms. The lowest BCUT2D eigenvalue weighted by Gasteiger charge is -2.27. The molecule has 15 nitrogen and oxygen atoms in total. The van der Waals surface area contributed by atoms with E-state index in [-0.39, 0.29) is 24.0 Å². The Bertz CT molecular complexity index is 1150. The third-order valence-electron chi connectivity index (χ3n) is 7.78. The predicted molar refractivity (Wildman–Crippen MR) is 182 cm³/mol. The molecule has 1 atom stereocenters. The van der Waals surface area contributed by atoms with E-state index >= 15 is 0 Å². The van der Waals surface area contributed by atoms with Gasteiger partial charge in [0.25, 0.3) is 11.8 Å². The lowest BCUT2D eigenvalue weighted by atomic mass is 10.0. The third-order valence-corrected chi connectivity index (χ3v) is 7.78. The average Bonchev–Trinajstić information content (AvgIpc) is 3.36. The fraction of sp³-hybridized carbons (Fsp3) is 0.714. The lowest BCUT2D eigenvalue weighted by Crippen LogP contribution is -2.54. The minimum atomic E-state index is -1.01. The summed E-state index contributed by atoms with van der Waals surface area (Å²) in [5, 5.41) is 5.33. The van der Waals surface area contributed by atoms with Crippen molar-refractivity contribution < 1.29 is 57.1 Å². The number of fused-ring (bicyclic) bond motifs is 1. The van der Waals surface area contributed by atoms with E-state index in [0.717, 1.165) is 17.9 Å². The zero-order chi connectivity index (χ0) is 35.7. The fourth-order valence-corrected chi connectivity index (χ4v) is 5.19. The number of nitrogens with zero attached hydrogens (tertiary/aromatic N) is 1. The predicted octanol–water partition coefficient (Wildman–Crippen LogP) is 2.21. The van der Waals surface area contributed by atoms with E-state index in [0.29, 0.717) is 111 Å². The highest BCUT2D eigenvalue weighted by molar-refractivity contribution is 6.25. The van der Waals surface area contributed by atoms with Crippen molar-refractivity contribution in [1.82, 2.24) is 10.2 Å². The molecule has 0 saturated carbocycles. The molecule has 1 unspecified atom stereocenters. The van der Waals surface area contributed by atoms with Crippen LogP contribution in [-0.2, 0) is 47.5 Å². The topological polar surface area (TPSA) is 169 Å². The van der Waals surface area contributed by atoms with Gasteiger partial charge in [-0.05, 0) is 25.0 Å². The van der Waals surface area contributed by atoms with Crippen molar-refractivity contribution in [3.05, 3.63) is 29.3 Å². The zero-order valence-corrected chi connectivity index (χ0v) is 29.4. The summed E-state index contributed by atoms with van der Waals surface area (Å²) in [5.74, 6) is -2.15. The second-order valence-corrected chi connectivity index (χ2v) is 11.6. The van der Waals surface area contributed by atoms with Crippen LogP contribution in [0.25, 0.3) is 0 Å². The van der Waals surface area contributed by atoms with Crippen LogP contribution in [0, 0.1) is 0 Å². The Morgan fingerprint density at radius 3 is 1.64 bits per heavy atom. The minimum Gasteiger partial charge on any atom is -0.382 e. The van der Waals surface area contributed by atoms with Gasteiger partial charge in [0.05, 0.1) is 110 Å². The molecule has 2 N–H and O–H groups in total. The van der Waals surface area contributed by atoms with Crippen LogP contribution in [0.1, 0.15) is 66.2 Å². The summed E-state index contributed by atoms with van der Waals surface area (Å²) in [6.07, 6.45) is 5.02. The average molecular weight is 710 g/mol. The number of unbranched alkanes of at least 4 members (excludes halogenated alkanes) is 3. The smallest absolute Gasteiger partial charge is 0.264 e. The van der Waals surface area contributed by atoms with Gasteiger partial charge in [0.2, 0.25) is 11.8 Å². The first-order valence-corrected chi connectivity index (χ1v) is 17.7. The van der Waals surface area contributed by atoms with Gasteiger partial charge in [0.15, 0.2) is 0 Å².